The van der Waals surface area contributed by atoms with E-state index in [4.69, 9.17) is 21.2 Å². The van der Waals surface area contributed by atoms with Crippen molar-refractivity contribution in [3.63, 3.8) is 0 Å². The molecule has 0 unspecified atom stereocenters. The van der Waals surface area contributed by atoms with E-state index in [1.165, 1.54) is 0 Å². The summed E-state index contributed by atoms with van der Waals surface area (Å²) in [7, 11) is 0. The van der Waals surface area contributed by atoms with E-state index < -0.39 is 12.2 Å². The fourth-order valence-electron chi connectivity index (χ4n) is 2.74. The molecule has 5 nitrogen and oxygen atoms in total. The molecular formula is C19H23ClF3N3O2. The highest BCUT2D eigenvalue weighted by Gasteiger charge is 2.36. The summed E-state index contributed by atoms with van der Waals surface area (Å²) in [6.07, 6.45) is -2.63. The van der Waals surface area contributed by atoms with E-state index in [0.717, 1.165) is 35.9 Å². The number of carbonyl (C=O) groups excluding carboxylic acids is 2. The molecule has 0 bridgehead atoms. The van der Waals surface area contributed by atoms with Gasteiger partial charge in [0.2, 0.25) is 0 Å². The van der Waals surface area contributed by atoms with Gasteiger partial charge in [0, 0.05) is 17.8 Å². The van der Waals surface area contributed by atoms with Crippen molar-refractivity contribution in [3.8, 4) is 11.3 Å². The molecule has 2 rings (SSSR count). The number of benzene rings is 1. The number of hydrogen-bond donors (Lipinski definition) is 1. The Labute approximate surface area is 166 Å². The van der Waals surface area contributed by atoms with Crippen LogP contribution >= 0.6 is 11.6 Å². The molecule has 1 heterocycles. The number of halogens is 4. The van der Waals surface area contributed by atoms with Crippen LogP contribution in [-0.2, 0) is 29.0 Å². The molecule has 1 N–H and O–H groups in total. The highest BCUT2D eigenvalue weighted by molar-refractivity contribution is 6.33. The van der Waals surface area contributed by atoms with Gasteiger partial charge in [-0.25, -0.2) is 0 Å². The van der Waals surface area contributed by atoms with E-state index in [0.29, 0.717) is 23.7 Å². The summed E-state index contributed by atoms with van der Waals surface area (Å²) in [5, 5.41) is 7.65. The zero-order valence-corrected chi connectivity index (χ0v) is 16.9. The van der Waals surface area contributed by atoms with Crippen molar-refractivity contribution in [2.75, 3.05) is 5.32 Å². The maximum Gasteiger partial charge on any atom is 0.408 e. The average molecular weight is 418 g/mol. The lowest BCUT2D eigenvalue weighted by molar-refractivity contribution is -0.191. The molecule has 0 fully saturated rings. The molecule has 28 heavy (non-hydrogen) atoms. The van der Waals surface area contributed by atoms with Crippen LogP contribution < -0.4 is 5.32 Å². The number of alkyl halides is 3. The maximum atomic E-state index is 12.8. The Hall–Kier alpha value is -2.31. The lowest BCUT2D eigenvalue weighted by Crippen LogP contribution is -2.33. The summed E-state index contributed by atoms with van der Waals surface area (Å²) >= 11 is 6.51. The van der Waals surface area contributed by atoms with Crippen molar-refractivity contribution in [2.45, 2.75) is 59.3 Å². The van der Waals surface area contributed by atoms with Crippen molar-refractivity contribution in [1.29, 1.82) is 0 Å². The van der Waals surface area contributed by atoms with Crippen LogP contribution in [0.15, 0.2) is 18.2 Å². The zero-order valence-electron chi connectivity index (χ0n) is 16.2. The first-order valence-electron chi connectivity index (χ1n) is 8.85. The monoisotopic (exact) mass is 417 g/mol. The minimum atomic E-state index is -4.29. The first-order valence-corrected chi connectivity index (χ1v) is 9.23. The predicted octanol–water partition coefficient (Wildman–Crippen LogP) is 5.13. The molecule has 0 aliphatic heterocycles. The van der Waals surface area contributed by atoms with Gasteiger partial charge in [-0.15, -0.1) is 0 Å². The molecule has 9 heteroatoms. The molecule has 0 saturated carbocycles. The summed E-state index contributed by atoms with van der Waals surface area (Å²) in [5.74, 6) is 0. The molecule has 2 aromatic rings. The summed E-state index contributed by atoms with van der Waals surface area (Å²) in [4.78, 5) is 16.2. The molecule has 0 saturated heterocycles. The smallest absolute Gasteiger partial charge is 0.374 e. The van der Waals surface area contributed by atoms with Crippen molar-refractivity contribution in [1.82, 2.24) is 9.78 Å². The van der Waals surface area contributed by atoms with Gasteiger partial charge in [0.1, 0.15) is 6.04 Å². The third kappa shape index (κ3) is 5.59. The largest absolute Gasteiger partial charge is 0.408 e. The number of nitrogens with one attached hydrogen (secondary N) is 1. The maximum absolute atomic E-state index is 12.8. The normalized spacial score (nSPS) is 12.0. The predicted molar refractivity (Wildman–Crippen MR) is 101 cm³/mol. The van der Waals surface area contributed by atoms with Crippen LogP contribution in [0.4, 0.5) is 18.9 Å². The van der Waals surface area contributed by atoms with Crippen molar-refractivity contribution >= 4 is 23.4 Å². The summed E-state index contributed by atoms with van der Waals surface area (Å²) in [6, 6.07) is 3.62. The van der Waals surface area contributed by atoms with Gasteiger partial charge in [0.05, 0.1) is 16.4 Å². The molecule has 1 atom stereocenters. The molecule has 0 radical (unpaired) electrons. The van der Waals surface area contributed by atoms with Crippen LogP contribution in [-0.4, -0.2) is 28.2 Å². The van der Waals surface area contributed by atoms with Crippen molar-refractivity contribution < 1.29 is 22.8 Å². The van der Waals surface area contributed by atoms with E-state index in [-0.39, 0.29) is 6.15 Å². The number of nitrogens with zero attached hydrogens (tertiary/aromatic N) is 2. The Kier molecular flexibility index (Phi) is 8.72. The lowest BCUT2D eigenvalue weighted by atomic mass is 10.0. The molecule has 0 aliphatic carbocycles. The third-order valence-corrected chi connectivity index (χ3v) is 4.61. The van der Waals surface area contributed by atoms with Gasteiger partial charge < -0.3 is 5.32 Å². The van der Waals surface area contributed by atoms with Gasteiger partial charge in [0.25, 0.3) is 0 Å². The number of anilines is 1. The lowest BCUT2D eigenvalue weighted by Gasteiger charge is -2.20. The minimum Gasteiger partial charge on any atom is -0.374 e. The molecule has 0 amide bonds. The topological polar surface area (TPSA) is 64.0 Å². The van der Waals surface area contributed by atoms with E-state index in [1.807, 2.05) is 31.5 Å². The number of aromatic nitrogens is 2. The Morgan fingerprint density at radius 2 is 1.82 bits per heavy atom. The Bertz CT molecular complexity index is 829. The second-order valence-corrected chi connectivity index (χ2v) is 6.37. The Balaban J connectivity index is 0.00000122. The Morgan fingerprint density at radius 3 is 2.29 bits per heavy atom. The van der Waals surface area contributed by atoms with Crippen molar-refractivity contribution in [2.24, 2.45) is 0 Å². The SMILES string of the molecule is CCc1cc(N[C@H](C)C(F)(F)F)ccc1-c1c(Cl)c(CC)nn1CC.O=C=O. The van der Waals surface area contributed by atoms with Gasteiger partial charge >= 0.3 is 12.3 Å². The van der Waals surface area contributed by atoms with Crippen LogP contribution in [0.5, 0.6) is 0 Å². The number of hydrogen-bond acceptors (Lipinski definition) is 4. The van der Waals surface area contributed by atoms with E-state index in [1.54, 1.807) is 12.1 Å². The quantitative estimate of drug-likeness (QED) is 0.707. The van der Waals surface area contributed by atoms with Crippen LogP contribution in [0, 0.1) is 0 Å². The van der Waals surface area contributed by atoms with Crippen molar-refractivity contribution in [3.05, 3.63) is 34.5 Å². The zero-order chi connectivity index (χ0) is 21.5. The highest BCUT2D eigenvalue weighted by atomic mass is 35.5. The van der Waals surface area contributed by atoms with Crippen LogP contribution in [0.25, 0.3) is 11.3 Å². The third-order valence-electron chi connectivity index (χ3n) is 4.21. The van der Waals surface area contributed by atoms with E-state index in [9.17, 15) is 13.2 Å². The number of aryl methyl sites for hydroxylation is 3. The fraction of sp³-hybridized carbons (Fsp3) is 0.474. The molecule has 154 valence electrons. The summed E-state index contributed by atoms with van der Waals surface area (Å²) < 4.78 is 40.1. The Morgan fingerprint density at radius 1 is 1.21 bits per heavy atom. The molecular weight excluding hydrogens is 395 g/mol. The van der Waals surface area contributed by atoms with Crippen LogP contribution in [0.3, 0.4) is 0 Å². The van der Waals surface area contributed by atoms with Gasteiger partial charge in [-0.1, -0.05) is 31.5 Å². The average Bonchev–Trinajstić information content (AvgIpc) is 2.97. The number of rotatable bonds is 6. The first-order chi connectivity index (χ1) is 13.1. The van der Waals surface area contributed by atoms with Gasteiger partial charge in [0.15, 0.2) is 0 Å². The van der Waals surface area contributed by atoms with Crippen LogP contribution in [0.1, 0.15) is 39.0 Å². The second-order valence-electron chi connectivity index (χ2n) is 6.00. The standard InChI is InChI=1S/C18H23ClF3N3.CO2/c1-5-12-10-13(23-11(4)18(20,21)22)8-9-14(12)17-16(19)15(6-2)24-25(17)7-3;2-1-3/h8-11,23H,5-7H2,1-4H3;/t11-;/m1./s1. The molecule has 1 aromatic carbocycles. The molecule has 1 aromatic heterocycles. The summed E-state index contributed by atoms with van der Waals surface area (Å²) in [6.45, 7) is 7.72. The molecule has 0 spiro atoms. The molecule has 0 aliphatic rings. The van der Waals surface area contributed by atoms with Gasteiger partial charge in [-0.2, -0.15) is 27.9 Å². The minimum absolute atomic E-state index is 0.250. The highest BCUT2D eigenvalue weighted by Crippen LogP contribution is 2.35. The van der Waals surface area contributed by atoms with E-state index in [2.05, 4.69) is 10.4 Å². The fourth-order valence-corrected chi connectivity index (χ4v) is 3.11. The second kappa shape index (κ2) is 10.3. The van der Waals surface area contributed by atoms with Crippen LogP contribution in [0.2, 0.25) is 5.02 Å². The summed E-state index contributed by atoms with van der Waals surface area (Å²) in [5.41, 5.74) is 3.94. The van der Waals surface area contributed by atoms with Gasteiger partial charge in [-0.3, -0.25) is 4.68 Å². The van der Waals surface area contributed by atoms with Gasteiger partial charge in [-0.05, 0) is 44.4 Å². The first kappa shape index (κ1) is 23.7. The van der Waals surface area contributed by atoms with E-state index >= 15 is 0 Å².